The van der Waals surface area contributed by atoms with E-state index in [0.717, 1.165) is 29.9 Å². The molecule has 1 heterocycles. The third-order valence-electron chi connectivity index (χ3n) is 4.45. The molecule has 0 aromatic carbocycles. The molecular weight excluding hydrogens is 341 g/mol. The normalized spacial score (nSPS) is 26.6. The summed E-state index contributed by atoms with van der Waals surface area (Å²) >= 11 is 2.58. The highest BCUT2D eigenvalue weighted by Crippen LogP contribution is 2.48. The molecule has 0 radical (unpaired) electrons. The number of carbonyl (C=O) groups excluding carboxylic acids is 1. The number of halogens is 1. The molecule has 1 saturated carbocycles. The van der Waals surface area contributed by atoms with Gasteiger partial charge in [-0.3, -0.25) is 0 Å². The van der Waals surface area contributed by atoms with Crippen molar-refractivity contribution in [1.82, 2.24) is 4.90 Å². The molecule has 104 valence electrons. The van der Waals surface area contributed by atoms with Gasteiger partial charge in [0.1, 0.15) is 0 Å². The van der Waals surface area contributed by atoms with Crippen molar-refractivity contribution in [3.8, 4) is 0 Å². The lowest BCUT2D eigenvalue weighted by molar-refractivity contribution is 0.0666. The number of likely N-dealkylation sites (tertiary alicyclic amines) is 1. The zero-order valence-corrected chi connectivity index (χ0v) is 13.4. The molecular formula is C14H24INO2. The second kappa shape index (κ2) is 6.44. The average Bonchev–Trinajstić information content (AvgIpc) is 2.72. The first-order chi connectivity index (χ1) is 8.65. The van der Waals surface area contributed by atoms with Gasteiger partial charge in [0, 0.05) is 17.0 Å². The number of carbonyl (C=O) groups is 1. The number of nitrogens with zero attached hydrogens (tertiary/aromatic N) is 1. The molecule has 1 spiro atoms. The predicted molar refractivity (Wildman–Crippen MR) is 81.2 cm³/mol. The molecule has 1 saturated heterocycles. The number of hydrogen-bond donors (Lipinski definition) is 0. The van der Waals surface area contributed by atoms with Crippen LogP contribution in [-0.2, 0) is 4.74 Å². The van der Waals surface area contributed by atoms with Crippen LogP contribution in [0, 0.1) is 5.41 Å². The quantitative estimate of drug-likeness (QED) is 0.430. The van der Waals surface area contributed by atoms with E-state index in [2.05, 4.69) is 29.5 Å². The number of ether oxygens (including phenoxy) is 1. The minimum Gasteiger partial charge on any atom is -0.449 e. The standard InChI is InChI=1S/C14H24INO2/c1-2-3-10-18-13(17)16-8-6-14(7-9-16)5-4-12(15)11-14/h12H,2-11H2,1H3. The molecule has 1 aliphatic heterocycles. The first-order valence-corrected chi connectivity index (χ1v) is 8.45. The summed E-state index contributed by atoms with van der Waals surface area (Å²) in [6.45, 7) is 4.48. The van der Waals surface area contributed by atoms with Crippen molar-refractivity contribution in [2.24, 2.45) is 5.41 Å². The van der Waals surface area contributed by atoms with Gasteiger partial charge in [-0.05, 0) is 43.9 Å². The molecule has 18 heavy (non-hydrogen) atoms. The van der Waals surface area contributed by atoms with E-state index < -0.39 is 0 Å². The van der Waals surface area contributed by atoms with Crippen LogP contribution < -0.4 is 0 Å². The lowest BCUT2D eigenvalue weighted by Crippen LogP contribution is -2.42. The van der Waals surface area contributed by atoms with Crippen molar-refractivity contribution >= 4 is 28.7 Å². The van der Waals surface area contributed by atoms with Crippen LogP contribution in [0.1, 0.15) is 51.9 Å². The highest BCUT2D eigenvalue weighted by atomic mass is 127. The zero-order valence-electron chi connectivity index (χ0n) is 11.3. The van der Waals surface area contributed by atoms with Crippen LogP contribution in [0.25, 0.3) is 0 Å². The number of amides is 1. The molecule has 0 bridgehead atoms. The van der Waals surface area contributed by atoms with Gasteiger partial charge in [-0.2, -0.15) is 0 Å². The third kappa shape index (κ3) is 3.52. The summed E-state index contributed by atoms with van der Waals surface area (Å²) in [6, 6.07) is 0. The number of piperidine rings is 1. The molecule has 2 fully saturated rings. The monoisotopic (exact) mass is 365 g/mol. The van der Waals surface area contributed by atoms with Gasteiger partial charge in [0.25, 0.3) is 0 Å². The largest absolute Gasteiger partial charge is 0.449 e. The van der Waals surface area contributed by atoms with E-state index in [1.54, 1.807) is 0 Å². The molecule has 1 atom stereocenters. The Morgan fingerprint density at radius 2 is 2.11 bits per heavy atom. The summed E-state index contributed by atoms with van der Waals surface area (Å²) in [4.78, 5) is 13.7. The predicted octanol–water partition coefficient (Wildman–Crippen LogP) is 3.99. The summed E-state index contributed by atoms with van der Waals surface area (Å²) in [7, 11) is 0. The topological polar surface area (TPSA) is 29.5 Å². The van der Waals surface area contributed by atoms with E-state index >= 15 is 0 Å². The second-order valence-corrected chi connectivity index (χ2v) is 7.56. The van der Waals surface area contributed by atoms with Crippen LogP contribution in [0.4, 0.5) is 4.79 Å². The Hall–Kier alpha value is 0. The van der Waals surface area contributed by atoms with Crippen LogP contribution >= 0.6 is 22.6 Å². The fourth-order valence-electron chi connectivity index (χ4n) is 3.15. The number of alkyl halides is 1. The number of unbranched alkanes of at least 4 members (excludes halogenated alkanes) is 1. The summed E-state index contributed by atoms with van der Waals surface area (Å²) < 4.78 is 6.13. The summed E-state index contributed by atoms with van der Waals surface area (Å²) in [5.74, 6) is 0. The first kappa shape index (κ1) is 14.4. The van der Waals surface area contributed by atoms with Gasteiger partial charge in [-0.15, -0.1) is 0 Å². The zero-order chi connectivity index (χ0) is 13.0. The van der Waals surface area contributed by atoms with Gasteiger partial charge in [0.15, 0.2) is 0 Å². The molecule has 3 nitrogen and oxygen atoms in total. The lowest BCUT2D eigenvalue weighted by atomic mass is 9.77. The molecule has 1 aliphatic carbocycles. The van der Waals surface area contributed by atoms with Gasteiger partial charge in [-0.25, -0.2) is 4.79 Å². The van der Waals surface area contributed by atoms with E-state index in [4.69, 9.17) is 4.74 Å². The molecule has 4 heteroatoms. The van der Waals surface area contributed by atoms with E-state index in [1.807, 2.05) is 4.90 Å². The maximum Gasteiger partial charge on any atom is 0.409 e. The van der Waals surface area contributed by atoms with E-state index in [0.29, 0.717) is 12.0 Å². The maximum absolute atomic E-state index is 11.8. The number of rotatable bonds is 3. The molecule has 2 aliphatic rings. The number of hydrogen-bond acceptors (Lipinski definition) is 2. The highest BCUT2D eigenvalue weighted by Gasteiger charge is 2.41. The molecule has 1 amide bonds. The van der Waals surface area contributed by atoms with Gasteiger partial charge in [0.2, 0.25) is 0 Å². The van der Waals surface area contributed by atoms with Crippen LogP contribution in [0.3, 0.4) is 0 Å². The molecule has 1 unspecified atom stereocenters. The highest BCUT2D eigenvalue weighted by molar-refractivity contribution is 14.1. The van der Waals surface area contributed by atoms with Crippen molar-refractivity contribution < 1.29 is 9.53 Å². The van der Waals surface area contributed by atoms with Crippen molar-refractivity contribution in [3.05, 3.63) is 0 Å². The van der Waals surface area contributed by atoms with Crippen molar-refractivity contribution in [3.63, 3.8) is 0 Å². The Morgan fingerprint density at radius 3 is 2.67 bits per heavy atom. The summed E-state index contributed by atoms with van der Waals surface area (Å²) in [5.41, 5.74) is 0.548. The van der Waals surface area contributed by atoms with E-state index in [9.17, 15) is 4.79 Å². The SMILES string of the molecule is CCCCOC(=O)N1CCC2(CCC(I)C2)CC1. The Morgan fingerprint density at radius 1 is 1.39 bits per heavy atom. The van der Waals surface area contributed by atoms with Crippen molar-refractivity contribution in [2.75, 3.05) is 19.7 Å². The Balaban J connectivity index is 1.74. The van der Waals surface area contributed by atoms with Gasteiger partial charge in [-0.1, -0.05) is 35.9 Å². The minimum atomic E-state index is -0.0951. The van der Waals surface area contributed by atoms with Crippen LogP contribution in [0.5, 0.6) is 0 Å². The van der Waals surface area contributed by atoms with E-state index in [-0.39, 0.29) is 6.09 Å². The van der Waals surface area contributed by atoms with Gasteiger partial charge in [0.05, 0.1) is 6.61 Å². The Labute approximate surface area is 124 Å². The smallest absolute Gasteiger partial charge is 0.409 e. The first-order valence-electron chi connectivity index (χ1n) is 7.21. The van der Waals surface area contributed by atoms with E-state index in [1.165, 1.54) is 32.1 Å². The van der Waals surface area contributed by atoms with Gasteiger partial charge < -0.3 is 9.64 Å². The second-order valence-electron chi connectivity index (χ2n) is 5.80. The third-order valence-corrected chi connectivity index (χ3v) is 5.51. The molecule has 2 rings (SSSR count). The molecule has 0 aromatic rings. The molecule has 0 aromatic heterocycles. The fraction of sp³-hybridized carbons (Fsp3) is 0.929. The Kier molecular flexibility index (Phi) is 5.15. The summed E-state index contributed by atoms with van der Waals surface area (Å²) in [5, 5.41) is 0. The van der Waals surface area contributed by atoms with Gasteiger partial charge >= 0.3 is 6.09 Å². The Bertz CT molecular complexity index is 288. The molecule has 0 N–H and O–H groups in total. The van der Waals surface area contributed by atoms with Crippen LogP contribution in [0.2, 0.25) is 0 Å². The minimum absolute atomic E-state index is 0.0951. The lowest BCUT2D eigenvalue weighted by Gasteiger charge is -2.38. The van der Waals surface area contributed by atoms with Crippen LogP contribution in [0.15, 0.2) is 0 Å². The maximum atomic E-state index is 11.8. The van der Waals surface area contributed by atoms with Crippen molar-refractivity contribution in [2.45, 2.75) is 55.8 Å². The average molecular weight is 365 g/mol. The summed E-state index contributed by atoms with van der Waals surface area (Å²) in [6.07, 6.45) is 8.38. The van der Waals surface area contributed by atoms with Crippen molar-refractivity contribution in [1.29, 1.82) is 0 Å². The fourth-order valence-corrected chi connectivity index (χ4v) is 4.40. The van der Waals surface area contributed by atoms with Crippen LogP contribution in [-0.4, -0.2) is 34.6 Å².